The Morgan fingerprint density at radius 2 is 1.94 bits per heavy atom. The predicted molar refractivity (Wildman–Crippen MR) is 66.4 cm³/mol. The number of hydrogen-bond acceptors (Lipinski definition) is 4. The van der Waals surface area contributed by atoms with Crippen molar-refractivity contribution in [3.05, 3.63) is 0 Å². The van der Waals surface area contributed by atoms with E-state index in [9.17, 15) is 9.59 Å². The van der Waals surface area contributed by atoms with Gasteiger partial charge in [-0.15, -0.1) is 0 Å². The molecule has 0 fully saturated rings. The molecule has 0 unspecified atom stereocenters. The number of methoxy groups -OCH3 is 1. The van der Waals surface area contributed by atoms with Crippen LogP contribution < -0.4 is 0 Å². The zero-order valence-electron chi connectivity index (χ0n) is 11.3. The van der Waals surface area contributed by atoms with Crippen molar-refractivity contribution >= 4 is 11.9 Å². The maximum Gasteiger partial charge on any atom is 0.303 e. The highest BCUT2D eigenvalue weighted by Gasteiger charge is 2.16. The second kappa shape index (κ2) is 9.85. The van der Waals surface area contributed by atoms with Crippen LogP contribution in [-0.2, 0) is 19.1 Å². The number of hydrogen-bond donors (Lipinski definition) is 1. The van der Waals surface area contributed by atoms with Gasteiger partial charge in [-0.1, -0.05) is 0 Å². The Morgan fingerprint density at radius 3 is 2.44 bits per heavy atom. The molecule has 0 aromatic carbocycles. The summed E-state index contributed by atoms with van der Waals surface area (Å²) in [5.74, 6) is -0.964. The number of ether oxygens (including phenoxy) is 2. The molecule has 6 nitrogen and oxygen atoms in total. The summed E-state index contributed by atoms with van der Waals surface area (Å²) in [6.07, 6.45) is 0.526. The third kappa shape index (κ3) is 8.03. The van der Waals surface area contributed by atoms with Gasteiger partial charge in [0.1, 0.15) is 6.61 Å². The van der Waals surface area contributed by atoms with E-state index >= 15 is 0 Å². The van der Waals surface area contributed by atoms with Crippen LogP contribution in [0.25, 0.3) is 0 Å². The quantitative estimate of drug-likeness (QED) is 0.587. The molecule has 0 bridgehead atoms. The number of carboxylic acid groups (broad SMARTS) is 1. The lowest BCUT2D eigenvalue weighted by molar-refractivity contribution is -0.140. The largest absolute Gasteiger partial charge is 0.481 e. The topological polar surface area (TPSA) is 76.1 Å². The predicted octanol–water partition coefficient (Wildman–Crippen LogP) is 0.751. The van der Waals surface area contributed by atoms with Crippen LogP contribution in [-0.4, -0.2) is 61.4 Å². The molecule has 6 heteroatoms. The molecule has 1 amide bonds. The van der Waals surface area contributed by atoms with Crippen LogP contribution in [0.3, 0.4) is 0 Å². The van der Waals surface area contributed by atoms with E-state index < -0.39 is 5.97 Å². The van der Waals surface area contributed by atoms with Gasteiger partial charge in [0.15, 0.2) is 0 Å². The Bertz CT molecular complexity index is 255. The fraction of sp³-hybridized carbons (Fsp3) is 0.833. The van der Waals surface area contributed by atoms with Gasteiger partial charge in [0, 0.05) is 26.1 Å². The molecule has 0 aliphatic carbocycles. The number of carboxylic acids is 1. The van der Waals surface area contributed by atoms with Crippen molar-refractivity contribution in [1.29, 1.82) is 0 Å². The Hall–Kier alpha value is -1.14. The number of carbonyl (C=O) groups excluding carboxylic acids is 1. The van der Waals surface area contributed by atoms with Gasteiger partial charge in [-0.2, -0.15) is 0 Å². The highest BCUT2D eigenvalue weighted by molar-refractivity contribution is 5.77. The first kappa shape index (κ1) is 16.9. The Morgan fingerprint density at radius 1 is 1.28 bits per heavy atom. The van der Waals surface area contributed by atoms with Gasteiger partial charge >= 0.3 is 5.97 Å². The molecule has 0 aliphatic rings. The summed E-state index contributed by atoms with van der Waals surface area (Å²) >= 11 is 0. The SMILES string of the molecule is COCCOCC(=O)N(CCCC(=O)O)C(C)C. The van der Waals surface area contributed by atoms with Crippen molar-refractivity contribution in [2.75, 3.05) is 33.5 Å². The van der Waals surface area contributed by atoms with E-state index in [2.05, 4.69) is 0 Å². The standard InChI is InChI=1S/C12H23NO5/c1-10(2)13(6-4-5-12(15)16)11(14)9-18-8-7-17-3/h10H,4-9H2,1-3H3,(H,15,16). The van der Waals surface area contributed by atoms with E-state index in [0.29, 0.717) is 26.2 Å². The van der Waals surface area contributed by atoms with Gasteiger partial charge in [-0.25, -0.2) is 0 Å². The molecule has 0 rings (SSSR count). The van der Waals surface area contributed by atoms with Crippen LogP contribution in [0.5, 0.6) is 0 Å². The molecule has 106 valence electrons. The first-order valence-electron chi connectivity index (χ1n) is 6.07. The fourth-order valence-corrected chi connectivity index (χ4v) is 1.46. The summed E-state index contributed by atoms with van der Waals surface area (Å²) in [4.78, 5) is 23.9. The Balaban J connectivity index is 3.99. The molecule has 18 heavy (non-hydrogen) atoms. The second-order valence-corrected chi connectivity index (χ2v) is 4.22. The molecule has 0 heterocycles. The summed E-state index contributed by atoms with van der Waals surface area (Å²) in [5.41, 5.74) is 0. The monoisotopic (exact) mass is 261 g/mol. The second-order valence-electron chi connectivity index (χ2n) is 4.22. The minimum absolute atomic E-state index is 0.00854. The lowest BCUT2D eigenvalue weighted by Crippen LogP contribution is -2.40. The highest BCUT2D eigenvalue weighted by Crippen LogP contribution is 2.03. The van der Waals surface area contributed by atoms with Crippen LogP contribution in [0, 0.1) is 0 Å². The molecular formula is C12H23NO5. The summed E-state index contributed by atoms with van der Waals surface area (Å²) < 4.78 is 9.97. The summed E-state index contributed by atoms with van der Waals surface area (Å²) in [6.45, 7) is 5.07. The number of carbonyl (C=O) groups is 2. The fourth-order valence-electron chi connectivity index (χ4n) is 1.46. The lowest BCUT2D eigenvalue weighted by atomic mass is 10.2. The molecule has 0 saturated carbocycles. The molecule has 0 saturated heterocycles. The summed E-state index contributed by atoms with van der Waals surface area (Å²) in [6, 6.07) is 0.0392. The van der Waals surface area contributed by atoms with E-state index in [1.54, 1.807) is 12.0 Å². The van der Waals surface area contributed by atoms with Crippen LogP contribution in [0.1, 0.15) is 26.7 Å². The van der Waals surface area contributed by atoms with Gasteiger partial charge in [-0.3, -0.25) is 9.59 Å². The van der Waals surface area contributed by atoms with Gasteiger partial charge in [-0.05, 0) is 20.3 Å². The Kier molecular flexibility index (Phi) is 9.22. The Labute approximate surface area is 108 Å². The van der Waals surface area contributed by atoms with Crippen LogP contribution in [0.4, 0.5) is 0 Å². The van der Waals surface area contributed by atoms with Gasteiger partial charge < -0.3 is 19.5 Å². The van der Waals surface area contributed by atoms with E-state index in [1.165, 1.54) is 0 Å². The summed E-state index contributed by atoms with van der Waals surface area (Å²) in [5, 5.41) is 8.56. The highest BCUT2D eigenvalue weighted by atomic mass is 16.5. The molecular weight excluding hydrogens is 238 g/mol. The number of rotatable bonds is 10. The van der Waals surface area contributed by atoms with E-state index in [1.807, 2.05) is 13.8 Å². The van der Waals surface area contributed by atoms with Crippen LogP contribution >= 0.6 is 0 Å². The molecule has 0 spiro atoms. The molecule has 0 aliphatic heterocycles. The van der Waals surface area contributed by atoms with E-state index in [4.69, 9.17) is 14.6 Å². The third-order valence-corrected chi connectivity index (χ3v) is 2.39. The summed E-state index contributed by atoms with van der Waals surface area (Å²) in [7, 11) is 1.57. The van der Waals surface area contributed by atoms with E-state index in [-0.39, 0.29) is 25.0 Å². The number of aliphatic carboxylic acids is 1. The van der Waals surface area contributed by atoms with Crippen molar-refractivity contribution in [2.24, 2.45) is 0 Å². The first-order chi connectivity index (χ1) is 8.49. The average Bonchev–Trinajstić information content (AvgIpc) is 2.29. The first-order valence-corrected chi connectivity index (χ1v) is 6.07. The van der Waals surface area contributed by atoms with Crippen molar-refractivity contribution in [3.8, 4) is 0 Å². The molecule has 0 aromatic rings. The minimum Gasteiger partial charge on any atom is -0.481 e. The normalized spacial score (nSPS) is 10.7. The van der Waals surface area contributed by atoms with Crippen LogP contribution in [0.15, 0.2) is 0 Å². The maximum atomic E-state index is 11.8. The minimum atomic E-state index is -0.845. The van der Waals surface area contributed by atoms with Crippen LogP contribution in [0.2, 0.25) is 0 Å². The van der Waals surface area contributed by atoms with Crippen molar-refractivity contribution in [1.82, 2.24) is 4.90 Å². The molecule has 1 N–H and O–H groups in total. The van der Waals surface area contributed by atoms with Crippen molar-refractivity contribution in [3.63, 3.8) is 0 Å². The van der Waals surface area contributed by atoms with E-state index in [0.717, 1.165) is 0 Å². The van der Waals surface area contributed by atoms with Gasteiger partial charge in [0.25, 0.3) is 0 Å². The molecule has 0 atom stereocenters. The van der Waals surface area contributed by atoms with Gasteiger partial charge in [0.2, 0.25) is 5.91 Å². The average molecular weight is 261 g/mol. The molecule has 0 radical (unpaired) electrons. The smallest absolute Gasteiger partial charge is 0.303 e. The van der Waals surface area contributed by atoms with Crippen molar-refractivity contribution < 1.29 is 24.2 Å². The zero-order valence-corrected chi connectivity index (χ0v) is 11.3. The maximum absolute atomic E-state index is 11.8. The zero-order chi connectivity index (χ0) is 14.0. The third-order valence-electron chi connectivity index (χ3n) is 2.39. The lowest BCUT2D eigenvalue weighted by Gasteiger charge is -2.26. The van der Waals surface area contributed by atoms with Gasteiger partial charge in [0.05, 0.1) is 13.2 Å². The number of amides is 1. The van der Waals surface area contributed by atoms with Crippen molar-refractivity contribution in [2.45, 2.75) is 32.7 Å². The molecule has 0 aromatic heterocycles. The number of nitrogens with zero attached hydrogens (tertiary/aromatic N) is 1.